The number of hydrogen-bond acceptors (Lipinski definition) is 3. The van der Waals surface area contributed by atoms with Gasteiger partial charge in [-0.05, 0) is 36.8 Å². The molecule has 0 saturated carbocycles. The smallest absolute Gasteiger partial charge is 0.271 e. The molecular formula is C17H18N2O2. The minimum atomic E-state index is -0.231. The summed E-state index contributed by atoms with van der Waals surface area (Å²) in [6.07, 6.45) is 0.712. The molecule has 0 fully saturated rings. The first-order valence-electron chi connectivity index (χ1n) is 6.70. The first-order valence-corrected chi connectivity index (χ1v) is 6.70. The number of amides is 1. The van der Waals surface area contributed by atoms with Crippen LogP contribution in [-0.2, 0) is 6.42 Å². The molecule has 21 heavy (non-hydrogen) atoms. The van der Waals surface area contributed by atoms with Crippen molar-refractivity contribution in [2.75, 3.05) is 7.11 Å². The third-order valence-corrected chi connectivity index (χ3v) is 3.00. The number of hydrazone groups is 1. The first kappa shape index (κ1) is 14.8. The first-order chi connectivity index (χ1) is 10.2. The van der Waals surface area contributed by atoms with E-state index in [1.165, 1.54) is 0 Å². The number of rotatable bonds is 5. The van der Waals surface area contributed by atoms with Gasteiger partial charge in [-0.3, -0.25) is 4.79 Å². The molecule has 4 heteroatoms. The predicted octanol–water partition coefficient (Wildman–Crippen LogP) is 3.04. The van der Waals surface area contributed by atoms with E-state index in [1.807, 2.05) is 37.3 Å². The van der Waals surface area contributed by atoms with E-state index in [1.54, 1.807) is 31.4 Å². The van der Waals surface area contributed by atoms with Crippen LogP contribution in [0.5, 0.6) is 5.75 Å². The van der Waals surface area contributed by atoms with Gasteiger partial charge in [0, 0.05) is 17.7 Å². The van der Waals surface area contributed by atoms with E-state index < -0.39 is 0 Å². The van der Waals surface area contributed by atoms with Crippen LogP contribution in [0.15, 0.2) is 59.7 Å². The molecule has 0 spiro atoms. The van der Waals surface area contributed by atoms with Gasteiger partial charge in [0.2, 0.25) is 0 Å². The molecule has 0 aliphatic rings. The number of hydrogen-bond donors (Lipinski definition) is 1. The van der Waals surface area contributed by atoms with E-state index in [2.05, 4.69) is 10.5 Å². The third kappa shape index (κ3) is 4.45. The fourth-order valence-corrected chi connectivity index (χ4v) is 1.88. The number of carbonyl (C=O) groups is 1. The lowest BCUT2D eigenvalue weighted by Gasteiger charge is -2.04. The largest absolute Gasteiger partial charge is 0.497 e. The number of ether oxygens (including phenoxy) is 1. The second kappa shape index (κ2) is 7.24. The van der Waals surface area contributed by atoms with Crippen molar-refractivity contribution in [1.29, 1.82) is 0 Å². The standard InChI is InChI=1S/C17H18N2O2/c1-13(12-14-6-4-3-5-7-14)18-19-17(20)15-8-10-16(21-2)11-9-15/h3-11H,12H2,1-2H3,(H,19,20). The molecule has 0 aliphatic heterocycles. The Kier molecular flexibility index (Phi) is 5.10. The Morgan fingerprint density at radius 3 is 2.38 bits per heavy atom. The van der Waals surface area contributed by atoms with Crippen LogP contribution < -0.4 is 10.2 Å². The maximum Gasteiger partial charge on any atom is 0.271 e. The van der Waals surface area contributed by atoms with Gasteiger partial charge in [-0.1, -0.05) is 30.3 Å². The quantitative estimate of drug-likeness (QED) is 0.677. The molecule has 0 unspecified atom stereocenters. The normalized spacial score (nSPS) is 11.0. The van der Waals surface area contributed by atoms with Gasteiger partial charge in [0.05, 0.1) is 7.11 Å². The highest BCUT2D eigenvalue weighted by molar-refractivity contribution is 5.95. The highest BCUT2D eigenvalue weighted by Gasteiger charge is 2.04. The van der Waals surface area contributed by atoms with Crippen LogP contribution in [0.4, 0.5) is 0 Å². The zero-order valence-corrected chi connectivity index (χ0v) is 12.2. The molecule has 0 atom stereocenters. The lowest BCUT2D eigenvalue weighted by atomic mass is 10.1. The van der Waals surface area contributed by atoms with Crippen molar-refractivity contribution in [1.82, 2.24) is 5.43 Å². The van der Waals surface area contributed by atoms with Gasteiger partial charge < -0.3 is 4.74 Å². The van der Waals surface area contributed by atoms with Gasteiger partial charge in [0.15, 0.2) is 0 Å². The number of nitrogens with zero attached hydrogens (tertiary/aromatic N) is 1. The van der Waals surface area contributed by atoms with Gasteiger partial charge in [0.25, 0.3) is 5.91 Å². The van der Waals surface area contributed by atoms with E-state index in [0.717, 1.165) is 17.0 Å². The summed E-state index contributed by atoms with van der Waals surface area (Å²) < 4.78 is 5.05. The maximum atomic E-state index is 11.9. The molecule has 108 valence electrons. The Morgan fingerprint density at radius 1 is 1.10 bits per heavy atom. The zero-order valence-electron chi connectivity index (χ0n) is 12.2. The molecule has 2 rings (SSSR count). The van der Waals surface area contributed by atoms with E-state index in [0.29, 0.717) is 12.0 Å². The summed E-state index contributed by atoms with van der Waals surface area (Å²) in [5.74, 6) is 0.486. The van der Waals surface area contributed by atoms with Crippen molar-refractivity contribution in [3.05, 3.63) is 65.7 Å². The fourth-order valence-electron chi connectivity index (χ4n) is 1.88. The molecule has 1 N–H and O–H groups in total. The van der Waals surface area contributed by atoms with Gasteiger partial charge in [-0.25, -0.2) is 5.43 Å². The van der Waals surface area contributed by atoms with Crippen LogP contribution in [0, 0.1) is 0 Å². The number of carbonyl (C=O) groups excluding carboxylic acids is 1. The molecule has 0 saturated heterocycles. The van der Waals surface area contributed by atoms with Crippen LogP contribution in [0.1, 0.15) is 22.8 Å². The minimum Gasteiger partial charge on any atom is -0.497 e. The summed E-state index contributed by atoms with van der Waals surface area (Å²) in [4.78, 5) is 11.9. The van der Waals surface area contributed by atoms with Crippen molar-refractivity contribution < 1.29 is 9.53 Å². The van der Waals surface area contributed by atoms with E-state index in [4.69, 9.17) is 4.74 Å². The SMILES string of the molecule is COc1ccc(C(=O)NN=C(C)Cc2ccccc2)cc1. The van der Waals surface area contributed by atoms with Crippen LogP contribution in [0.2, 0.25) is 0 Å². The Morgan fingerprint density at radius 2 is 1.76 bits per heavy atom. The second-order valence-corrected chi connectivity index (χ2v) is 4.68. The van der Waals surface area contributed by atoms with E-state index >= 15 is 0 Å². The molecular weight excluding hydrogens is 264 g/mol. The summed E-state index contributed by atoms with van der Waals surface area (Å²) in [6.45, 7) is 1.89. The van der Waals surface area contributed by atoms with E-state index in [9.17, 15) is 4.79 Å². The maximum absolute atomic E-state index is 11.9. The van der Waals surface area contributed by atoms with Gasteiger partial charge >= 0.3 is 0 Å². The molecule has 4 nitrogen and oxygen atoms in total. The molecule has 0 heterocycles. The van der Waals surface area contributed by atoms with Gasteiger partial charge in [-0.15, -0.1) is 0 Å². The third-order valence-electron chi connectivity index (χ3n) is 3.00. The van der Waals surface area contributed by atoms with Crippen molar-refractivity contribution in [3.63, 3.8) is 0 Å². The molecule has 2 aromatic carbocycles. The predicted molar refractivity (Wildman–Crippen MR) is 83.7 cm³/mol. The van der Waals surface area contributed by atoms with Crippen LogP contribution in [-0.4, -0.2) is 18.7 Å². The van der Waals surface area contributed by atoms with Crippen molar-refractivity contribution in [3.8, 4) is 5.75 Å². The van der Waals surface area contributed by atoms with Gasteiger partial charge in [-0.2, -0.15) is 5.10 Å². The van der Waals surface area contributed by atoms with Gasteiger partial charge in [0.1, 0.15) is 5.75 Å². The molecule has 0 aromatic heterocycles. The topological polar surface area (TPSA) is 50.7 Å². The Labute approximate surface area is 124 Å². The van der Waals surface area contributed by atoms with Crippen molar-refractivity contribution in [2.45, 2.75) is 13.3 Å². The Bertz CT molecular complexity index is 619. The van der Waals surface area contributed by atoms with Crippen molar-refractivity contribution in [2.24, 2.45) is 5.10 Å². The number of methoxy groups -OCH3 is 1. The number of nitrogens with one attached hydrogen (secondary N) is 1. The summed E-state index contributed by atoms with van der Waals surface area (Å²) in [7, 11) is 1.59. The molecule has 1 amide bonds. The molecule has 0 radical (unpaired) electrons. The summed E-state index contributed by atoms with van der Waals surface area (Å²) in [5.41, 5.74) is 5.13. The molecule has 2 aromatic rings. The lowest BCUT2D eigenvalue weighted by Crippen LogP contribution is -2.19. The fraction of sp³-hybridized carbons (Fsp3) is 0.176. The van der Waals surface area contributed by atoms with Crippen LogP contribution >= 0.6 is 0 Å². The average molecular weight is 282 g/mol. The Balaban J connectivity index is 1.94. The minimum absolute atomic E-state index is 0.231. The zero-order chi connectivity index (χ0) is 15.1. The molecule has 0 bridgehead atoms. The molecule has 0 aliphatic carbocycles. The summed E-state index contributed by atoms with van der Waals surface area (Å²) in [5, 5.41) is 4.12. The van der Waals surface area contributed by atoms with Crippen LogP contribution in [0.3, 0.4) is 0 Å². The highest BCUT2D eigenvalue weighted by atomic mass is 16.5. The second-order valence-electron chi connectivity index (χ2n) is 4.68. The number of benzene rings is 2. The monoisotopic (exact) mass is 282 g/mol. The highest BCUT2D eigenvalue weighted by Crippen LogP contribution is 2.11. The lowest BCUT2D eigenvalue weighted by molar-refractivity contribution is 0.0954. The van der Waals surface area contributed by atoms with E-state index in [-0.39, 0.29) is 5.91 Å². The summed E-state index contributed by atoms with van der Waals surface area (Å²) in [6, 6.07) is 16.9. The summed E-state index contributed by atoms with van der Waals surface area (Å²) >= 11 is 0. The Hall–Kier alpha value is -2.62. The van der Waals surface area contributed by atoms with Crippen LogP contribution in [0.25, 0.3) is 0 Å². The van der Waals surface area contributed by atoms with Crippen molar-refractivity contribution >= 4 is 11.6 Å². The average Bonchev–Trinajstić information content (AvgIpc) is 2.53.